The van der Waals surface area contributed by atoms with Crippen molar-refractivity contribution in [3.63, 3.8) is 0 Å². The molecule has 0 fully saturated rings. The van der Waals surface area contributed by atoms with Gasteiger partial charge in [0.25, 0.3) is 0 Å². The van der Waals surface area contributed by atoms with Gasteiger partial charge in [-0.2, -0.15) is 0 Å². The Kier molecular flexibility index (Phi) is 4.73. The van der Waals surface area contributed by atoms with Crippen LogP contribution in [0.25, 0.3) is 0 Å². The quantitative estimate of drug-likeness (QED) is 0.758. The van der Waals surface area contributed by atoms with Gasteiger partial charge in [-0.05, 0) is 19.1 Å². The zero-order valence-electron chi connectivity index (χ0n) is 11.2. The van der Waals surface area contributed by atoms with Gasteiger partial charge in [0.2, 0.25) is 0 Å². The molecule has 0 N–H and O–H groups in total. The zero-order valence-corrected chi connectivity index (χ0v) is 12.2. The van der Waals surface area contributed by atoms with Crippen molar-refractivity contribution in [1.29, 1.82) is 0 Å². The molecule has 0 saturated carbocycles. The van der Waals surface area contributed by atoms with Crippen LogP contribution in [0.3, 0.4) is 0 Å². The summed E-state index contributed by atoms with van der Waals surface area (Å²) in [5.74, 6) is 0.758. The van der Waals surface area contributed by atoms with Crippen LogP contribution in [0.15, 0.2) is 60.7 Å². The molecule has 0 heterocycles. The zero-order chi connectivity index (χ0) is 13.6. The predicted octanol–water partition coefficient (Wildman–Crippen LogP) is 2.59. The molecule has 100 valence electrons. The van der Waals surface area contributed by atoms with Crippen LogP contribution in [-0.4, -0.2) is 22.5 Å². The average molecular weight is 274 g/mol. The normalized spacial score (nSPS) is 13.8. The monoisotopic (exact) mass is 274 g/mol. The second kappa shape index (κ2) is 6.52. The first-order valence-electron chi connectivity index (χ1n) is 6.29. The summed E-state index contributed by atoms with van der Waals surface area (Å²) in [7, 11) is -1.25. The molecular weight excluding hydrogens is 256 g/mol. The highest BCUT2D eigenvalue weighted by Crippen LogP contribution is 2.17. The van der Waals surface area contributed by atoms with Gasteiger partial charge in [-0.15, -0.1) is 0 Å². The van der Waals surface area contributed by atoms with Crippen molar-refractivity contribution in [2.75, 3.05) is 13.7 Å². The van der Waals surface area contributed by atoms with Gasteiger partial charge in [0, 0.05) is 18.9 Å². The lowest BCUT2D eigenvalue weighted by Gasteiger charge is -2.28. The second-order valence-electron chi connectivity index (χ2n) is 3.97. The standard InChI is InChI=1S/C15H18O3Si/c1-3-17-19(16-2,15-12-8-5-9-13-15)18-14-10-6-4-7-11-14/h4-13H,3H2,1-2H3. The molecule has 0 aliphatic rings. The summed E-state index contributed by atoms with van der Waals surface area (Å²) >= 11 is 0. The van der Waals surface area contributed by atoms with Gasteiger partial charge in [-0.1, -0.05) is 48.5 Å². The molecule has 0 aliphatic carbocycles. The minimum Gasteiger partial charge on any atom is -0.498 e. The molecule has 1 atom stereocenters. The molecule has 2 aromatic rings. The van der Waals surface area contributed by atoms with Crippen LogP contribution in [0.4, 0.5) is 0 Å². The second-order valence-corrected chi connectivity index (χ2v) is 6.57. The SMILES string of the molecule is CCO[Si](OC)(Oc1ccccc1)c1ccccc1. The van der Waals surface area contributed by atoms with Crippen LogP contribution in [0.1, 0.15) is 6.92 Å². The molecule has 19 heavy (non-hydrogen) atoms. The van der Waals surface area contributed by atoms with Crippen LogP contribution >= 0.6 is 0 Å². The van der Waals surface area contributed by atoms with Gasteiger partial charge in [0.15, 0.2) is 0 Å². The highest BCUT2D eigenvalue weighted by molar-refractivity contribution is 6.76. The number of hydrogen-bond donors (Lipinski definition) is 0. The van der Waals surface area contributed by atoms with E-state index in [4.69, 9.17) is 13.3 Å². The summed E-state index contributed by atoms with van der Waals surface area (Å²) in [5.41, 5.74) is 0. The molecule has 3 nitrogen and oxygen atoms in total. The molecule has 0 bridgehead atoms. The van der Waals surface area contributed by atoms with Crippen LogP contribution in [0, 0.1) is 0 Å². The van der Waals surface area contributed by atoms with E-state index >= 15 is 0 Å². The van der Waals surface area contributed by atoms with E-state index < -0.39 is 8.80 Å². The Hall–Kier alpha value is -1.62. The first-order valence-corrected chi connectivity index (χ1v) is 8.02. The summed E-state index contributed by atoms with van der Waals surface area (Å²) in [5, 5.41) is 0.961. The maximum atomic E-state index is 6.07. The maximum Gasteiger partial charge on any atom is 0.602 e. The maximum absolute atomic E-state index is 6.07. The molecule has 0 aromatic heterocycles. The highest BCUT2D eigenvalue weighted by Gasteiger charge is 2.45. The van der Waals surface area contributed by atoms with Crippen molar-refractivity contribution in [2.45, 2.75) is 6.92 Å². The van der Waals surface area contributed by atoms with E-state index in [0.717, 1.165) is 10.9 Å². The molecule has 0 amide bonds. The molecule has 1 unspecified atom stereocenters. The Bertz CT molecular complexity index is 489. The number of benzene rings is 2. The third-order valence-corrected chi connectivity index (χ3v) is 5.48. The topological polar surface area (TPSA) is 27.7 Å². The summed E-state index contributed by atoms with van der Waals surface area (Å²) in [6.07, 6.45) is 0. The van der Waals surface area contributed by atoms with Gasteiger partial charge in [0.05, 0.1) is 0 Å². The number of hydrogen-bond acceptors (Lipinski definition) is 3. The number of para-hydroxylation sites is 1. The Morgan fingerprint density at radius 1 is 0.895 bits per heavy atom. The Morgan fingerprint density at radius 2 is 1.47 bits per heavy atom. The van der Waals surface area contributed by atoms with E-state index in [1.165, 1.54) is 0 Å². The minimum absolute atomic E-state index is 0.543. The molecule has 0 spiro atoms. The van der Waals surface area contributed by atoms with Crippen molar-refractivity contribution in [1.82, 2.24) is 0 Å². The third-order valence-electron chi connectivity index (χ3n) is 2.73. The first kappa shape index (κ1) is 13.8. The summed E-state index contributed by atoms with van der Waals surface area (Å²) in [4.78, 5) is 0. The summed E-state index contributed by atoms with van der Waals surface area (Å²) in [6.45, 7) is 2.49. The van der Waals surface area contributed by atoms with Crippen molar-refractivity contribution in [3.8, 4) is 5.75 Å². The fourth-order valence-corrected chi connectivity index (χ4v) is 4.07. The van der Waals surface area contributed by atoms with E-state index in [2.05, 4.69) is 0 Å². The van der Waals surface area contributed by atoms with Crippen LogP contribution in [-0.2, 0) is 8.85 Å². The third kappa shape index (κ3) is 3.23. The Balaban J connectivity index is 2.34. The molecule has 4 heteroatoms. The molecule has 0 saturated heterocycles. The van der Waals surface area contributed by atoms with E-state index in [1.54, 1.807) is 7.11 Å². The lowest BCUT2D eigenvalue weighted by atomic mass is 10.3. The minimum atomic E-state index is -2.89. The smallest absolute Gasteiger partial charge is 0.498 e. The van der Waals surface area contributed by atoms with E-state index in [-0.39, 0.29) is 0 Å². The van der Waals surface area contributed by atoms with Crippen molar-refractivity contribution in [3.05, 3.63) is 60.7 Å². The predicted molar refractivity (Wildman–Crippen MR) is 77.5 cm³/mol. The first-order chi connectivity index (χ1) is 9.30. The number of rotatable bonds is 6. The molecule has 0 aliphatic heterocycles. The summed E-state index contributed by atoms with van der Waals surface area (Å²) in [6, 6.07) is 19.5. The Labute approximate surface area is 115 Å². The molecular formula is C15H18O3Si. The van der Waals surface area contributed by atoms with E-state index in [1.807, 2.05) is 67.6 Å². The van der Waals surface area contributed by atoms with Gasteiger partial charge in [-0.3, -0.25) is 0 Å². The van der Waals surface area contributed by atoms with Gasteiger partial charge in [-0.25, -0.2) is 0 Å². The van der Waals surface area contributed by atoms with Gasteiger partial charge >= 0.3 is 8.80 Å². The van der Waals surface area contributed by atoms with Crippen molar-refractivity contribution >= 4 is 14.0 Å². The van der Waals surface area contributed by atoms with Gasteiger partial charge < -0.3 is 13.3 Å². The molecule has 2 aromatic carbocycles. The highest BCUT2D eigenvalue weighted by atomic mass is 28.4. The fraction of sp³-hybridized carbons (Fsp3) is 0.200. The average Bonchev–Trinajstić information content (AvgIpc) is 2.49. The van der Waals surface area contributed by atoms with Crippen molar-refractivity contribution < 1.29 is 13.3 Å². The van der Waals surface area contributed by atoms with E-state index in [9.17, 15) is 0 Å². The molecule has 2 rings (SSSR count). The van der Waals surface area contributed by atoms with Crippen LogP contribution in [0.5, 0.6) is 5.75 Å². The Morgan fingerprint density at radius 3 is 2.00 bits per heavy atom. The van der Waals surface area contributed by atoms with E-state index in [0.29, 0.717) is 6.61 Å². The summed E-state index contributed by atoms with van der Waals surface area (Å²) < 4.78 is 17.6. The van der Waals surface area contributed by atoms with Gasteiger partial charge in [0.1, 0.15) is 5.75 Å². The lowest BCUT2D eigenvalue weighted by molar-refractivity contribution is 0.153. The molecule has 0 radical (unpaired) electrons. The lowest BCUT2D eigenvalue weighted by Crippen LogP contribution is -2.58. The van der Waals surface area contributed by atoms with Crippen LogP contribution < -0.4 is 9.61 Å². The van der Waals surface area contributed by atoms with Crippen LogP contribution in [0.2, 0.25) is 0 Å². The van der Waals surface area contributed by atoms with Crippen molar-refractivity contribution in [2.24, 2.45) is 0 Å². The largest absolute Gasteiger partial charge is 0.602 e. The fourth-order valence-electron chi connectivity index (χ4n) is 1.87.